The van der Waals surface area contributed by atoms with E-state index in [1.807, 2.05) is 6.92 Å². The van der Waals surface area contributed by atoms with Crippen molar-refractivity contribution >= 4 is 23.1 Å². The van der Waals surface area contributed by atoms with Gasteiger partial charge in [0, 0.05) is 52.8 Å². The number of carbonyl (C=O) groups is 1. The topological polar surface area (TPSA) is 105 Å². The Morgan fingerprint density at radius 1 is 1.02 bits per heavy atom. The highest BCUT2D eigenvalue weighted by molar-refractivity contribution is 6.21. The van der Waals surface area contributed by atoms with E-state index in [1.54, 1.807) is 0 Å². The Morgan fingerprint density at radius 2 is 1.78 bits per heavy atom. The summed E-state index contributed by atoms with van der Waals surface area (Å²) >= 11 is 0. The number of benzene rings is 1. The number of hydrogen-bond acceptors (Lipinski definition) is 8. The zero-order valence-electron chi connectivity index (χ0n) is 30.3. The minimum Gasteiger partial charge on any atom is -0.511 e. The van der Waals surface area contributed by atoms with Crippen molar-refractivity contribution in [3.05, 3.63) is 127 Å². The molecule has 1 aromatic rings. The summed E-state index contributed by atoms with van der Waals surface area (Å²) in [5, 5.41) is 15.1. The zero-order valence-corrected chi connectivity index (χ0v) is 30.3. The van der Waals surface area contributed by atoms with Gasteiger partial charge < -0.3 is 19.9 Å². The maximum absolute atomic E-state index is 12.4. The largest absolute Gasteiger partial charge is 0.511 e. The van der Waals surface area contributed by atoms with Crippen LogP contribution in [0.4, 0.5) is 0 Å². The summed E-state index contributed by atoms with van der Waals surface area (Å²) in [6.07, 6.45) is 8.20. The maximum Gasteiger partial charge on any atom is 0.305 e. The summed E-state index contributed by atoms with van der Waals surface area (Å²) in [4.78, 5) is 27.9. The van der Waals surface area contributed by atoms with Gasteiger partial charge in [-0.2, -0.15) is 0 Å². The lowest BCUT2D eigenvalue weighted by molar-refractivity contribution is -0.140. The Balaban J connectivity index is 1.38. The molecule has 5 heterocycles. The van der Waals surface area contributed by atoms with Crippen LogP contribution < -0.4 is 5.32 Å². The number of nitrogens with one attached hydrogen (secondary N) is 1. The van der Waals surface area contributed by atoms with Crippen molar-refractivity contribution in [3.63, 3.8) is 0 Å². The van der Waals surface area contributed by atoms with Crippen LogP contribution in [-0.4, -0.2) is 41.4 Å². The minimum atomic E-state index is -0.237. The van der Waals surface area contributed by atoms with Crippen LogP contribution in [0.25, 0.3) is 0 Å². The number of aryl methyl sites for hydroxylation is 1. The summed E-state index contributed by atoms with van der Waals surface area (Å²) in [6.45, 7) is 15.3. The molecule has 7 rings (SSSR count). The molecule has 0 spiro atoms. The normalized spacial score (nSPS) is 23.3. The molecule has 1 aliphatic carbocycles. The first-order valence-corrected chi connectivity index (χ1v) is 17.7. The molecule has 0 radical (unpaired) electrons. The van der Waals surface area contributed by atoms with Gasteiger partial charge in [0.2, 0.25) is 0 Å². The number of allylic oxidation sites excluding steroid dienone is 11. The van der Waals surface area contributed by atoms with Crippen molar-refractivity contribution in [2.45, 2.75) is 86.9 Å². The number of hydrogen-bond donors (Lipinski definition) is 2. The van der Waals surface area contributed by atoms with Crippen molar-refractivity contribution < 1.29 is 19.4 Å². The summed E-state index contributed by atoms with van der Waals surface area (Å²) in [5.74, 6) is 0.145. The number of nitrogens with zero attached hydrogens (tertiary/aromatic N) is 3. The number of aliphatic hydroxyl groups excluding tert-OH is 1. The number of fused-ring (bicyclic) bond motifs is 5. The van der Waals surface area contributed by atoms with E-state index >= 15 is 0 Å². The lowest BCUT2D eigenvalue weighted by Crippen LogP contribution is -2.16. The molecule has 2 N–H and O–H groups in total. The average molecular weight is 671 g/mol. The smallest absolute Gasteiger partial charge is 0.305 e. The predicted molar refractivity (Wildman–Crippen MR) is 199 cm³/mol. The quantitative estimate of drug-likeness (QED) is 0.270. The average Bonchev–Trinajstić information content (AvgIpc) is 3.85. The number of esters is 1. The fourth-order valence-electron chi connectivity index (χ4n) is 8.12. The van der Waals surface area contributed by atoms with Crippen LogP contribution >= 0.6 is 0 Å². The Bertz CT molecular complexity index is 2070. The lowest BCUT2D eigenvalue weighted by atomic mass is 9.86. The zero-order chi connectivity index (χ0) is 35.4. The molecule has 1 fully saturated rings. The molecule has 3 atom stereocenters. The molecule has 1 unspecified atom stereocenters. The highest BCUT2D eigenvalue weighted by atomic mass is 16.5. The van der Waals surface area contributed by atoms with Gasteiger partial charge in [-0.25, -0.2) is 15.0 Å². The van der Waals surface area contributed by atoms with Gasteiger partial charge >= 0.3 is 5.97 Å². The number of ether oxygens (including phenoxy) is 2. The molecule has 8 nitrogen and oxygen atoms in total. The molecule has 5 aliphatic heterocycles. The molecule has 8 heteroatoms. The molecule has 258 valence electrons. The number of methoxy groups -OCH3 is 1. The summed E-state index contributed by atoms with van der Waals surface area (Å²) in [6, 6.07) is 8.42. The van der Waals surface area contributed by atoms with Crippen molar-refractivity contribution in [1.82, 2.24) is 5.32 Å². The van der Waals surface area contributed by atoms with Crippen LogP contribution in [0.1, 0.15) is 78.4 Å². The van der Waals surface area contributed by atoms with E-state index in [1.165, 1.54) is 18.2 Å². The Hall–Kier alpha value is -4.82. The van der Waals surface area contributed by atoms with Crippen LogP contribution in [0.15, 0.2) is 131 Å². The van der Waals surface area contributed by atoms with E-state index < -0.39 is 0 Å². The van der Waals surface area contributed by atoms with Crippen LogP contribution in [0, 0.1) is 18.8 Å². The number of rotatable bonds is 8. The molecule has 1 saturated heterocycles. The van der Waals surface area contributed by atoms with E-state index in [4.69, 9.17) is 24.5 Å². The molecule has 50 heavy (non-hydrogen) atoms. The van der Waals surface area contributed by atoms with Gasteiger partial charge in [0.1, 0.15) is 5.76 Å². The van der Waals surface area contributed by atoms with Gasteiger partial charge in [-0.05, 0) is 93.5 Å². The highest BCUT2D eigenvalue weighted by Gasteiger charge is 2.41. The van der Waals surface area contributed by atoms with Crippen LogP contribution in [0.2, 0.25) is 0 Å². The summed E-state index contributed by atoms with van der Waals surface area (Å²) < 4.78 is 11.6. The molecule has 0 saturated carbocycles. The highest BCUT2D eigenvalue weighted by Crippen LogP contribution is 2.46. The van der Waals surface area contributed by atoms with Gasteiger partial charge in [-0.1, -0.05) is 43.7 Å². The third kappa shape index (κ3) is 5.79. The van der Waals surface area contributed by atoms with E-state index in [0.717, 1.165) is 91.0 Å². The maximum atomic E-state index is 12.4. The van der Waals surface area contributed by atoms with Crippen molar-refractivity contribution in [1.29, 1.82) is 0 Å². The number of carbonyl (C=O) groups excluding carboxylic acids is 1. The molecular formula is C42H46N4O4. The lowest BCUT2D eigenvalue weighted by Gasteiger charge is -2.17. The predicted octanol–water partition coefficient (Wildman–Crippen LogP) is 8.52. The van der Waals surface area contributed by atoms with Gasteiger partial charge in [0.05, 0.1) is 54.0 Å². The van der Waals surface area contributed by atoms with Crippen LogP contribution in [0.5, 0.6) is 0 Å². The third-order valence-electron chi connectivity index (χ3n) is 11.0. The Labute approximate surface area is 294 Å². The molecule has 1 aromatic carbocycles. The summed E-state index contributed by atoms with van der Waals surface area (Å²) in [5.41, 5.74) is 16.6. The number of aliphatic imine (C=N–C) groups is 3. The summed E-state index contributed by atoms with van der Waals surface area (Å²) in [7, 11) is 1.43. The molecular weight excluding hydrogens is 624 g/mol. The van der Waals surface area contributed by atoms with E-state index in [0.29, 0.717) is 31.6 Å². The second-order valence-electron chi connectivity index (χ2n) is 14.1. The first-order chi connectivity index (χ1) is 24.0. The second-order valence-corrected chi connectivity index (χ2v) is 14.1. The SMILES string of the molecule is CCC1=C(C)C2=NC1=CC1=C(C)C3=C(O)CC(=C4NC(=CC5=NC(=C2)C(C(C)OCc2cccc(C)c2)=C5C)[C@@H](C)[C@@H]4CCC(=O)OC)C3=N1. The monoisotopic (exact) mass is 670 g/mol. The molecule has 6 aliphatic rings. The standard InChI is InChI=1S/C42H46N4O4/c1-9-28-22(3)31-19-36-39(26(7)50-20-27-12-10-11-21(2)15-27)24(5)33(44-36)17-32-23(4)29(13-14-38(48)49-8)41(45-32)30-16-37(47)40-25(6)34(46-42(30)40)18-35(28)43-31/h10-12,15,17-19,23,26,29,45,47H,9,13-14,16,20H2,1-8H3/t23-,26?,29-/m0/s1. The van der Waals surface area contributed by atoms with Gasteiger partial charge in [-0.3, -0.25) is 4.79 Å². The van der Waals surface area contributed by atoms with Gasteiger partial charge in [-0.15, -0.1) is 0 Å². The van der Waals surface area contributed by atoms with Crippen molar-refractivity contribution in [3.8, 4) is 0 Å². The van der Waals surface area contributed by atoms with Gasteiger partial charge in [0.25, 0.3) is 0 Å². The van der Waals surface area contributed by atoms with Crippen molar-refractivity contribution in [2.24, 2.45) is 26.8 Å². The molecule has 0 aromatic heterocycles. The molecule has 0 amide bonds. The Kier molecular flexibility index (Phi) is 8.85. The van der Waals surface area contributed by atoms with E-state index in [9.17, 15) is 9.90 Å². The fourth-order valence-corrected chi connectivity index (χ4v) is 8.12. The second kappa shape index (κ2) is 13.1. The Morgan fingerprint density at radius 3 is 2.52 bits per heavy atom. The van der Waals surface area contributed by atoms with E-state index in [2.05, 4.69) is 89.4 Å². The van der Waals surface area contributed by atoms with Crippen molar-refractivity contribution in [2.75, 3.05) is 7.11 Å². The minimum absolute atomic E-state index is 0.000188. The number of aliphatic hydroxyl groups is 1. The third-order valence-corrected chi connectivity index (χ3v) is 11.0. The molecule has 8 bridgehead atoms. The first-order valence-electron chi connectivity index (χ1n) is 17.7. The van der Waals surface area contributed by atoms with Gasteiger partial charge in [0.15, 0.2) is 0 Å². The first kappa shape index (κ1) is 33.7. The fraction of sp³-hybridized carbons (Fsp3) is 0.381. The van der Waals surface area contributed by atoms with E-state index in [-0.39, 0.29) is 23.9 Å². The van der Waals surface area contributed by atoms with Crippen LogP contribution in [0.3, 0.4) is 0 Å². The van der Waals surface area contributed by atoms with Crippen LogP contribution in [-0.2, 0) is 20.9 Å².